The van der Waals surface area contributed by atoms with Crippen molar-refractivity contribution in [1.29, 1.82) is 0 Å². The van der Waals surface area contributed by atoms with Crippen molar-refractivity contribution in [2.45, 2.75) is 68.3 Å². The Labute approximate surface area is 122 Å². The summed E-state index contributed by atoms with van der Waals surface area (Å²) in [4.78, 5) is 2.47. The molecule has 2 N–H and O–H groups in total. The summed E-state index contributed by atoms with van der Waals surface area (Å²) in [6.45, 7) is 1.55. The van der Waals surface area contributed by atoms with Crippen molar-refractivity contribution in [3.8, 4) is 0 Å². The van der Waals surface area contributed by atoms with E-state index in [-0.39, 0.29) is 11.3 Å². The molecule has 5 nitrogen and oxygen atoms in total. The summed E-state index contributed by atoms with van der Waals surface area (Å²) in [6.07, 6.45) is 7.45. The first-order valence-corrected chi connectivity index (χ1v) is 9.54. The van der Waals surface area contributed by atoms with Crippen LogP contribution in [0, 0.1) is 0 Å². The van der Waals surface area contributed by atoms with Crippen LogP contribution in [0.5, 0.6) is 0 Å². The van der Waals surface area contributed by atoms with Gasteiger partial charge in [-0.3, -0.25) is 0 Å². The Balaban J connectivity index is 1.62. The van der Waals surface area contributed by atoms with Crippen molar-refractivity contribution >= 4 is 10.0 Å². The second-order valence-electron chi connectivity index (χ2n) is 6.70. The van der Waals surface area contributed by atoms with Crippen LogP contribution in [0.2, 0.25) is 0 Å². The molecule has 0 saturated carbocycles. The van der Waals surface area contributed by atoms with Gasteiger partial charge in [-0.05, 0) is 52.1 Å². The van der Waals surface area contributed by atoms with E-state index in [1.165, 1.54) is 19.3 Å². The highest BCUT2D eigenvalue weighted by Crippen LogP contribution is 2.33. The first kappa shape index (κ1) is 14.8. The van der Waals surface area contributed by atoms with E-state index in [1.807, 2.05) is 0 Å². The smallest absolute Gasteiger partial charge is 0.215 e. The lowest BCUT2D eigenvalue weighted by Gasteiger charge is -2.47. The molecule has 0 radical (unpaired) electrons. The first-order chi connectivity index (χ1) is 9.56. The monoisotopic (exact) mass is 301 g/mol. The molecule has 2 bridgehead atoms. The topological polar surface area (TPSA) is 61.4 Å². The van der Waals surface area contributed by atoms with Gasteiger partial charge in [-0.1, -0.05) is 6.42 Å². The van der Waals surface area contributed by atoms with Crippen molar-refractivity contribution in [2.75, 3.05) is 20.1 Å². The summed E-state index contributed by atoms with van der Waals surface area (Å²) < 4.78 is 28.0. The minimum absolute atomic E-state index is 0.147. The Kier molecular flexibility index (Phi) is 4.36. The zero-order valence-electron chi connectivity index (χ0n) is 12.3. The van der Waals surface area contributed by atoms with Crippen LogP contribution in [0.3, 0.4) is 0 Å². The van der Waals surface area contributed by atoms with Gasteiger partial charge in [-0.25, -0.2) is 13.1 Å². The largest absolute Gasteiger partial charge is 0.315 e. The minimum Gasteiger partial charge on any atom is -0.315 e. The van der Waals surface area contributed by atoms with Crippen molar-refractivity contribution < 1.29 is 8.42 Å². The molecule has 0 spiro atoms. The average molecular weight is 301 g/mol. The molecular formula is C14H27N3O2S. The molecule has 3 aliphatic heterocycles. The quantitative estimate of drug-likeness (QED) is 0.804. The number of nitrogens with zero attached hydrogens (tertiary/aromatic N) is 1. The highest BCUT2D eigenvalue weighted by atomic mass is 32.2. The van der Waals surface area contributed by atoms with Gasteiger partial charge in [-0.15, -0.1) is 0 Å². The normalized spacial score (nSPS) is 39.6. The molecule has 0 aliphatic carbocycles. The van der Waals surface area contributed by atoms with Gasteiger partial charge in [0.15, 0.2) is 0 Å². The molecule has 0 aromatic heterocycles. The second-order valence-corrected chi connectivity index (χ2v) is 8.70. The molecule has 0 aromatic rings. The predicted octanol–water partition coefficient (Wildman–Crippen LogP) is 0.673. The van der Waals surface area contributed by atoms with Crippen LogP contribution in [-0.2, 0) is 10.0 Å². The summed E-state index contributed by atoms with van der Waals surface area (Å²) in [5.41, 5.74) is 0. The van der Waals surface area contributed by atoms with E-state index in [0.717, 1.165) is 32.2 Å². The van der Waals surface area contributed by atoms with Crippen LogP contribution in [0.15, 0.2) is 0 Å². The Morgan fingerprint density at radius 1 is 1.10 bits per heavy atom. The van der Waals surface area contributed by atoms with Crippen LogP contribution in [0.1, 0.15) is 44.9 Å². The maximum absolute atomic E-state index is 12.5. The first-order valence-electron chi connectivity index (χ1n) is 8.00. The molecule has 3 heterocycles. The van der Waals surface area contributed by atoms with Gasteiger partial charge < -0.3 is 10.2 Å². The van der Waals surface area contributed by atoms with Crippen LogP contribution >= 0.6 is 0 Å². The van der Waals surface area contributed by atoms with E-state index in [1.54, 1.807) is 0 Å². The molecule has 3 rings (SSSR count). The fraction of sp³-hybridized carbons (Fsp3) is 1.00. The molecule has 3 saturated heterocycles. The lowest BCUT2D eigenvalue weighted by molar-refractivity contribution is 0.0535. The van der Waals surface area contributed by atoms with E-state index in [0.29, 0.717) is 18.6 Å². The van der Waals surface area contributed by atoms with Crippen LogP contribution in [-0.4, -0.2) is 56.8 Å². The third kappa shape index (κ3) is 3.03. The number of piperidine rings is 3. The Hall–Kier alpha value is -0.170. The lowest BCUT2D eigenvalue weighted by Crippen LogP contribution is -2.56. The van der Waals surface area contributed by atoms with Crippen molar-refractivity contribution in [3.63, 3.8) is 0 Å². The van der Waals surface area contributed by atoms with Crippen LogP contribution in [0.4, 0.5) is 0 Å². The number of hydrogen-bond acceptors (Lipinski definition) is 4. The number of rotatable bonds is 3. The van der Waals surface area contributed by atoms with E-state index in [4.69, 9.17) is 0 Å². The summed E-state index contributed by atoms with van der Waals surface area (Å²) >= 11 is 0. The van der Waals surface area contributed by atoms with Crippen molar-refractivity contribution in [2.24, 2.45) is 0 Å². The number of hydrogen-bond donors (Lipinski definition) is 2. The molecular weight excluding hydrogens is 274 g/mol. The fourth-order valence-corrected chi connectivity index (χ4v) is 5.79. The van der Waals surface area contributed by atoms with E-state index >= 15 is 0 Å². The number of nitrogens with one attached hydrogen (secondary N) is 2. The molecule has 3 fully saturated rings. The average Bonchev–Trinajstić information content (AvgIpc) is 2.41. The molecule has 3 atom stereocenters. The second kappa shape index (κ2) is 5.91. The van der Waals surface area contributed by atoms with E-state index < -0.39 is 10.0 Å². The maximum atomic E-state index is 12.5. The Morgan fingerprint density at radius 3 is 2.40 bits per heavy atom. The molecule has 3 aliphatic rings. The van der Waals surface area contributed by atoms with E-state index in [2.05, 4.69) is 22.0 Å². The maximum Gasteiger partial charge on any atom is 0.215 e. The van der Waals surface area contributed by atoms with Crippen LogP contribution < -0.4 is 10.0 Å². The fourth-order valence-electron chi connectivity index (χ4n) is 4.13. The predicted molar refractivity (Wildman–Crippen MR) is 80.2 cm³/mol. The van der Waals surface area contributed by atoms with Gasteiger partial charge in [-0.2, -0.15) is 0 Å². The highest BCUT2D eigenvalue weighted by molar-refractivity contribution is 7.90. The van der Waals surface area contributed by atoms with Gasteiger partial charge >= 0.3 is 0 Å². The molecule has 3 unspecified atom stereocenters. The molecule has 20 heavy (non-hydrogen) atoms. The van der Waals surface area contributed by atoms with Gasteiger partial charge in [0.25, 0.3) is 0 Å². The third-order valence-electron chi connectivity index (χ3n) is 5.36. The van der Waals surface area contributed by atoms with Gasteiger partial charge in [0.05, 0.1) is 5.25 Å². The zero-order valence-corrected chi connectivity index (χ0v) is 13.2. The summed E-state index contributed by atoms with van der Waals surface area (Å²) in [5.74, 6) is 0. The lowest BCUT2D eigenvalue weighted by atomic mass is 9.83. The molecule has 6 heteroatoms. The highest BCUT2D eigenvalue weighted by Gasteiger charge is 2.38. The standard InChI is InChI=1S/C14H27N3O2S/c1-17-12-4-2-5-13(17)9-11(8-12)16-20(18,19)14-6-3-7-15-10-14/h11-16H,2-10H2,1H3. The minimum atomic E-state index is -3.16. The summed E-state index contributed by atoms with van der Waals surface area (Å²) in [6, 6.07) is 1.28. The Morgan fingerprint density at radius 2 is 1.80 bits per heavy atom. The van der Waals surface area contributed by atoms with Crippen LogP contribution in [0.25, 0.3) is 0 Å². The van der Waals surface area contributed by atoms with E-state index in [9.17, 15) is 8.42 Å². The van der Waals surface area contributed by atoms with Crippen molar-refractivity contribution in [3.05, 3.63) is 0 Å². The van der Waals surface area contributed by atoms with Gasteiger partial charge in [0.2, 0.25) is 10.0 Å². The Bertz CT molecular complexity index is 420. The van der Waals surface area contributed by atoms with Gasteiger partial charge in [0, 0.05) is 24.7 Å². The summed E-state index contributed by atoms with van der Waals surface area (Å²) in [7, 11) is -0.964. The summed E-state index contributed by atoms with van der Waals surface area (Å²) in [5, 5.41) is 2.96. The van der Waals surface area contributed by atoms with Gasteiger partial charge in [0.1, 0.15) is 0 Å². The molecule has 116 valence electrons. The third-order valence-corrected chi connectivity index (χ3v) is 7.30. The number of sulfonamides is 1. The van der Waals surface area contributed by atoms with Crippen molar-refractivity contribution in [1.82, 2.24) is 14.9 Å². The SMILES string of the molecule is CN1C2CCCC1CC(NS(=O)(=O)C1CCCNC1)C2. The number of fused-ring (bicyclic) bond motifs is 2. The zero-order chi connectivity index (χ0) is 14.2. The molecule has 0 aromatic carbocycles. The molecule has 0 amide bonds.